The highest BCUT2D eigenvalue weighted by Gasteiger charge is 2.22. The molecule has 1 saturated heterocycles. The van der Waals surface area contributed by atoms with Crippen molar-refractivity contribution in [3.05, 3.63) is 60.3 Å². The number of nitrogens with one attached hydrogen (secondary N) is 1. The Morgan fingerprint density at radius 3 is 2.78 bits per heavy atom. The van der Waals surface area contributed by atoms with E-state index in [0.29, 0.717) is 6.17 Å². The highest BCUT2D eigenvalue weighted by molar-refractivity contribution is 5.85. The summed E-state index contributed by atoms with van der Waals surface area (Å²) in [4.78, 5) is 2.24. The number of nitrogens with zero attached hydrogens (tertiary/aromatic N) is 1. The summed E-state index contributed by atoms with van der Waals surface area (Å²) in [5.41, 5.74) is 2.56. The second-order valence-electron chi connectivity index (χ2n) is 4.92. The molecule has 1 N–H and O–H groups in total. The van der Waals surface area contributed by atoms with Crippen molar-refractivity contribution in [1.29, 1.82) is 0 Å². The Labute approximate surface area is 108 Å². The third kappa shape index (κ3) is 1.89. The summed E-state index contributed by atoms with van der Waals surface area (Å²) in [6.45, 7) is 4.95. The Kier molecular flexibility index (Phi) is 2.80. The first-order chi connectivity index (χ1) is 8.75. The molecule has 1 heterocycles. The molecule has 2 aromatic carbocycles. The number of rotatable bonds is 2. The van der Waals surface area contributed by atoms with Crippen molar-refractivity contribution in [3.63, 3.8) is 0 Å². The zero-order valence-electron chi connectivity index (χ0n) is 10.7. The Balaban J connectivity index is 1.93. The van der Waals surface area contributed by atoms with Crippen molar-refractivity contribution >= 4 is 10.8 Å². The first kappa shape index (κ1) is 11.3. The fourth-order valence-corrected chi connectivity index (χ4v) is 2.61. The lowest BCUT2D eigenvalue weighted by atomic mass is 10.0. The third-order valence-electron chi connectivity index (χ3n) is 3.80. The van der Waals surface area contributed by atoms with Crippen molar-refractivity contribution in [2.24, 2.45) is 0 Å². The smallest absolute Gasteiger partial charge is 0.0833 e. The Morgan fingerprint density at radius 1 is 1.22 bits per heavy atom. The Morgan fingerprint density at radius 2 is 2.00 bits per heavy atom. The van der Waals surface area contributed by atoms with Gasteiger partial charge in [-0.25, -0.2) is 0 Å². The highest BCUT2D eigenvalue weighted by Crippen LogP contribution is 2.22. The minimum Gasteiger partial charge on any atom is -0.361 e. The number of hydrogen-bond acceptors (Lipinski definition) is 2. The number of hydrogen-bond donors (Lipinski definition) is 1. The van der Waals surface area contributed by atoms with Crippen LogP contribution in [0, 0.1) is 0 Å². The molecule has 0 spiro atoms. The van der Waals surface area contributed by atoms with Crippen LogP contribution >= 0.6 is 0 Å². The second-order valence-corrected chi connectivity index (χ2v) is 4.92. The maximum atomic E-state index is 4.05. The summed E-state index contributed by atoms with van der Waals surface area (Å²) in [6, 6.07) is 15.1. The molecule has 1 atom stereocenters. The van der Waals surface area contributed by atoms with Crippen molar-refractivity contribution in [3.8, 4) is 0 Å². The maximum Gasteiger partial charge on any atom is 0.0833 e. The molecule has 0 saturated carbocycles. The molecule has 0 radical (unpaired) electrons. The van der Waals surface area contributed by atoms with Crippen LogP contribution in [0.25, 0.3) is 10.8 Å². The standard InChI is InChI=1S/C16H18N2/c1-12-11-17-16(18(12)2)10-14-8-5-7-13-6-3-4-9-15(13)14/h3-9,16-17H,1,10-11H2,2H3/t16-/m1/s1. The zero-order chi connectivity index (χ0) is 12.5. The van der Waals surface area contributed by atoms with Gasteiger partial charge < -0.3 is 4.90 Å². The summed E-state index contributed by atoms with van der Waals surface area (Å²) in [5.74, 6) is 0. The SMILES string of the molecule is C=C1CN[C@@H](Cc2cccc3ccccc23)N1C. The van der Waals surface area contributed by atoms with Crippen molar-refractivity contribution in [1.82, 2.24) is 10.2 Å². The fourth-order valence-electron chi connectivity index (χ4n) is 2.61. The molecule has 1 aliphatic rings. The van der Waals surface area contributed by atoms with E-state index in [0.717, 1.165) is 13.0 Å². The molecule has 0 aromatic heterocycles. The van der Waals surface area contributed by atoms with Gasteiger partial charge in [0.1, 0.15) is 0 Å². The molecule has 3 rings (SSSR count). The lowest BCUT2D eigenvalue weighted by Gasteiger charge is -2.22. The van der Waals surface area contributed by atoms with E-state index in [-0.39, 0.29) is 0 Å². The summed E-state index contributed by atoms with van der Waals surface area (Å²) in [5, 5.41) is 6.16. The molecule has 2 heteroatoms. The molecule has 92 valence electrons. The topological polar surface area (TPSA) is 15.3 Å². The van der Waals surface area contributed by atoms with Crippen LogP contribution in [0.15, 0.2) is 54.7 Å². The monoisotopic (exact) mass is 238 g/mol. The minimum atomic E-state index is 0.364. The predicted octanol–water partition coefficient (Wildman–Crippen LogP) is 2.76. The van der Waals surface area contributed by atoms with Gasteiger partial charge in [0.25, 0.3) is 0 Å². The quantitative estimate of drug-likeness (QED) is 0.865. The Hall–Kier alpha value is -1.80. The third-order valence-corrected chi connectivity index (χ3v) is 3.80. The van der Waals surface area contributed by atoms with Crippen molar-refractivity contribution < 1.29 is 0 Å². The van der Waals surface area contributed by atoms with Crippen LogP contribution < -0.4 is 5.32 Å². The highest BCUT2D eigenvalue weighted by atomic mass is 15.3. The van der Waals surface area contributed by atoms with Gasteiger partial charge in [-0.15, -0.1) is 0 Å². The van der Waals surface area contributed by atoms with Gasteiger partial charge in [0, 0.05) is 25.7 Å². The normalized spacial score (nSPS) is 19.7. The van der Waals surface area contributed by atoms with Gasteiger partial charge >= 0.3 is 0 Å². The first-order valence-electron chi connectivity index (χ1n) is 6.36. The van der Waals surface area contributed by atoms with E-state index in [1.807, 2.05) is 0 Å². The molecule has 18 heavy (non-hydrogen) atoms. The molecule has 0 aliphatic carbocycles. The van der Waals surface area contributed by atoms with Crippen LogP contribution in [0.4, 0.5) is 0 Å². The molecule has 1 fully saturated rings. The average molecular weight is 238 g/mol. The summed E-state index contributed by atoms with van der Waals surface area (Å²) in [7, 11) is 2.11. The lowest BCUT2D eigenvalue weighted by Crippen LogP contribution is -2.34. The summed E-state index contributed by atoms with van der Waals surface area (Å²) in [6.07, 6.45) is 1.37. The first-order valence-corrected chi connectivity index (χ1v) is 6.36. The van der Waals surface area contributed by atoms with Gasteiger partial charge in [-0.1, -0.05) is 49.0 Å². The van der Waals surface area contributed by atoms with Crippen LogP contribution in [-0.4, -0.2) is 24.7 Å². The van der Waals surface area contributed by atoms with E-state index in [1.54, 1.807) is 0 Å². The average Bonchev–Trinajstić information content (AvgIpc) is 2.71. The van der Waals surface area contributed by atoms with Crippen molar-refractivity contribution in [2.45, 2.75) is 12.6 Å². The second kappa shape index (κ2) is 4.46. The maximum absolute atomic E-state index is 4.05. The molecule has 2 aromatic rings. The largest absolute Gasteiger partial charge is 0.361 e. The zero-order valence-corrected chi connectivity index (χ0v) is 10.7. The van der Waals surface area contributed by atoms with Crippen LogP contribution in [0.1, 0.15) is 5.56 Å². The Bertz CT molecular complexity index is 583. The number of fused-ring (bicyclic) bond motifs is 1. The van der Waals surface area contributed by atoms with Gasteiger partial charge in [0.2, 0.25) is 0 Å². The van der Waals surface area contributed by atoms with Crippen LogP contribution in [0.5, 0.6) is 0 Å². The van der Waals surface area contributed by atoms with Crippen molar-refractivity contribution in [2.75, 3.05) is 13.6 Å². The molecular weight excluding hydrogens is 220 g/mol. The lowest BCUT2D eigenvalue weighted by molar-refractivity contribution is 0.327. The predicted molar refractivity (Wildman–Crippen MR) is 76.3 cm³/mol. The molecule has 2 nitrogen and oxygen atoms in total. The van der Waals surface area contributed by atoms with E-state index in [1.165, 1.54) is 22.0 Å². The van der Waals surface area contributed by atoms with E-state index >= 15 is 0 Å². The molecule has 0 unspecified atom stereocenters. The number of benzene rings is 2. The van der Waals surface area contributed by atoms with Gasteiger partial charge in [-0.2, -0.15) is 0 Å². The van der Waals surface area contributed by atoms with Crippen LogP contribution in [-0.2, 0) is 6.42 Å². The van der Waals surface area contributed by atoms with Gasteiger partial charge in [0.15, 0.2) is 0 Å². The molecule has 1 aliphatic heterocycles. The van der Waals surface area contributed by atoms with Gasteiger partial charge in [0.05, 0.1) is 6.17 Å². The summed E-state index contributed by atoms with van der Waals surface area (Å²) < 4.78 is 0. The van der Waals surface area contributed by atoms with Gasteiger partial charge in [-0.3, -0.25) is 5.32 Å². The number of likely N-dealkylation sites (N-methyl/N-ethyl adjacent to an activating group) is 1. The van der Waals surface area contributed by atoms with E-state index < -0.39 is 0 Å². The van der Waals surface area contributed by atoms with E-state index in [4.69, 9.17) is 0 Å². The van der Waals surface area contributed by atoms with Crippen LogP contribution in [0.3, 0.4) is 0 Å². The van der Waals surface area contributed by atoms with Crippen LogP contribution in [0.2, 0.25) is 0 Å². The fraction of sp³-hybridized carbons (Fsp3) is 0.250. The van der Waals surface area contributed by atoms with E-state index in [2.05, 4.69) is 66.3 Å². The van der Waals surface area contributed by atoms with E-state index in [9.17, 15) is 0 Å². The summed E-state index contributed by atoms with van der Waals surface area (Å²) >= 11 is 0. The molecule has 0 amide bonds. The minimum absolute atomic E-state index is 0.364. The molecule has 0 bridgehead atoms. The molecular formula is C16H18N2. The van der Waals surface area contributed by atoms with Gasteiger partial charge in [-0.05, 0) is 16.3 Å².